The number of carbonyl (C=O) groups excluding carboxylic acids is 1. The van der Waals surface area contributed by atoms with E-state index >= 15 is 0 Å². The molecule has 1 atom stereocenters. The first-order valence-electron chi connectivity index (χ1n) is 6.08. The summed E-state index contributed by atoms with van der Waals surface area (Å²) in [6.07, 6.45) is 0. The van der Waals surface area contributed by atoms with E-state index < -0.39 is 5.60 Å². The molecule has 4 heteroatoms. The molecule has 0 aliphatic carbocycles. The van der Waals surface area contributed by atoms with Gasteiger partial charge in [-0.15, -0.1) is 0 Å². The molecule has 0 bridgehead atoms. The van der Waals surface area contributed by atoms with Crippen LogP contribution < -0.4 is 0 Å². The lowest BCUT2D eigenvalue weighted by atomic mass is 9.95. The van der Waals surface area contributed by atoms with Gasteiger partial charge in [-0.3, -0.25) is 9.69 Å². The van der Waals surface area contributed by atoms with Crippen LogP contribution in [-0.4, -0.2) is 42.7 Å². The standard InChI is InChI=1S/C14H21NO3/c1-4-18-13(16)10-15(3)11-14(2,17)12-8-6-5-7-9-12/h5-9,17H,4,10-11H2,1-3H3. The van der Waals surface area contributed by atoms with Gasteiger partial charge in [0.05, 0.1) is 18.8 Å². The molecule has 0 aromatic heterocycles. The minimum absolute atomic E-state index is 0.177. The molecule has 100 valence electrons. The van der Waals surface area contributed by atoms with Crippen LogP contribution in [0.25, 0.3) is 0 Å². The number of carbonyl (C=O) groups is 1. The Labute approximate surface area is 108 Å². The summed E-state index contributed by atoms with van der Waals surface area (Å²) in [6.45, 7) is 4.44. The van der Waals surface area contributed by atoms with E-state index in [0.717, 1.165) is 5.56 Å². The van der Waals surface area contributed by atoms with Gasteiger partial charge < -0.3 is 9.84 Å². The molecule has 0 spiro atoms. The average molecular weight is 251 g/mol. The summed E-state index contributed by atoms with van der Waals surface area (Å²) in [5.74, 6) is -0.274. The second kappa shape index (κ2) is 6.52. The van der Waals surface area contributed by atoms with Crippen LogP contribution in [-0.2, 0) is 15.1 Å². The molecule has 1 unspecified atom stereocenters. The fourth-order valence-corrected chi connectivity index (χ4v) is 1.90. The third kappa shape index (κ3) is 4.47. The minimum Gasteiger partial charge on any atom is -0.465 e. The normalized spacial score (nSPS) is 14.3. The highest BCUT2D eigenvalue weighted by atomic mass is 16.5. The third-order valence-corrected chi connectivity index (χ3v) is 2.68. The van der Waals surface area contributed by atoms with E-state index in [9.17, 15) is 9.90 Å². The summed E-state index contributed by atoms with van der Waals surface area (Å²) in [4.78, 5) is 13.1. The Bertz CT molecular complexity index is 376. The summed E-state index contributed by atoms with van der Waals surface area (Å²) >= 11 is 0. The fraction of sp³-hybridized carbons (Fsp3) is 0.500. The fourth-order valence-electron chi connectivity index (χ4n) is 1.90. The Morgan fingerprint density at radius 1 is 1.39 bits per heavy atom. The maximum absolute atomic E-state index is 11.3. The number of benzene rings is 1. The van der Waals surface area contributed by atoms with Crippen LogP contribution in [0.5, 0.6) is 0 Å². The Morgan fingerprint density at radius 2 is 2.00 bits per heavy atom. The molecule has 0 fully saturated rings. The van der Waals surface area contributed by atoms with Gasteiger partial charge in [0.25, 0.3) is 0 Å². The summed E-state index contributed by atoms with van der Waals surface area (Å²) < 4.78 is 4.87. The van der Waals surface area contributed by atoms with Crippen molar-refractivity contribution in [3.8, 4) is 0 Å². The maximum Gasteiger partial charge on any atom is 0.320 e. The SMILES string of the molecule is CCOC(=O)CN(C)CC(C)(O)c1ccccc1. The highest BCUT2D eigenvalue weighted by Gasteiger charge is 2.25. The number of nitrogens with zero attached hydrogens (tertiary/aromatic N) is 1. The average Bonchev–Trinajstić information content (AvgIpc) is 2.29. The topological polar surface area (TPSA) is 49.8 Å². The van der Waals surface area contributed by atoms with E-state index in [4.69, 9.17) is 4.74 Å². The highest BCUT2D eigenvalue weighted by Crippen LogP contribution is 2.20. The van der Waals surface area contributed by atoms with Gasteiger partial charge in [-0.1, -0.05) is 30.3 Å². The van der Waals surface area contributed by atoms with Gasteiger partial charge in [0, 0.05) is 6.54 Å². The van der Waals surface area contributed by atoms with Crippen molar-refractivity contribution in [2.45, 2.75) is 19.4 Å². The van der Waals surface area contributed by atoms with Gasteiger partial charge in [-0.05, 0) is 26.5 Å². The lowest BCUT2D eigenvalue weighted by Gasteiger charge is -2.29. The summed E-state index contributed by atoms with van der Waals surface area (Å²) in [7, 11) is 1.79. The molecule has 1 rings (SSSR count). The molecule has 0 heterocycles. The predicted molar refractivity (Wildman–Crippen MR) is 70.1 cm³/mol. The smallest absolute Gasteiger partial charge is 0.320 e. The minimum atomic E-state index is -0.984. The Morgan fingerprint density at radius 3 is 2.56 bits per heavy atom. The number of hydrogen-bond acceptors (Lipinski definition) is 4. The Hall–Kier alpha value is -1.39. The molecule has 1 aromatic carbocycles. The zero-order chi connectivity index (χ0) is 13.6. The molecule has 0 aliphatic heterocycles. The first-order chi connectivity index (χ1) is 8.45. The molecule has 0 radical (unpaired) electrons. The number of ether oxygens (including phenoxy) is 1. The molecular weight excluding hydrogens is 230 g/mol. The monoisotopic (exact) mass is 251 g/mol. The van der Waals surface area contributed by atoms with Crippen molar-refractivity contribution in [2.24, 2.45) is 0 Å². The summed E-state index contributed by atoms with van der Waals surface area (Å²) in [6, 6.07) is 9.42. The number of aliphatic hydroxyl groups is 1. The first kappa shape index (κ1) is 14.7. The third-order valence-electron chi connectivity index (χ3n) is 2.68. The van der Waals surface area contributed by atoms with Gasteiger partial charge in [-0.2, -0.15) is 0 Å². The van der Waals surface area contributed by atoms with Crippen molar-refractivity contribution < 1.29 is 14.6 Å². The van der Waals surface area contributed by atoms with Crippen molar-refractivity contribution in [1.82, 2.24) is 4.90 Å². The largest absolute Gasteiger partial charge is 0.465 e. The van der Waals surface area contributed by atoms with Crippen LogP contribution in [0.4, 0.5) is 0 Å². The lowest BCUT2D eigenvalue weighted by molar-refractivity contribution is -0.144. The Balaban J connectivity index is 2.58. The number of hydrogen-bond donors (Lipinski definition) is 1. The predicted octanol–water partition coefficient (Wildman–Crippen LogP) is 1.39. The zero-order valence-corrected chi connectivity index (χ0v) is 11.2. The molecule has 0 saturated carbocycles. The van der Waals surface area contributed by atoms with Crippen molar-refractivity contribution in [2.75, 3.05) is 26.7 Å². The number of rotatable bonds is 6. The molecule has 1 aromatic rings. The van der Waals surface area contributed by atoms with Crippen LogP contribution >= 0.6 is 0 Å². The van der Waals surface area contributed by atoms with Crippen LogP contribution in [0.3, 0.4) is 0 Å². The molecule has 18 heavy (non-hydrogen) atoms. The van der Waals surface area contributed by atoms with Crippen LogP contribution in [0, 0.1) is 0 Å². The quantitative estimate of drug-likeness (QED) is 0.776. The molecule has 0 aliphatic rings. The summed E-state index contributed by atoms with van der Waals surface area (Å²) in [5.41, 5.74) is -0.150. The second-order valence-electron chi connectivity index (χ2n) is 4.62. The first-order valence-corrected chi connectivity index (χ1v) is 6.08. The van der Waals surface area contributed by atoms with E-state index in [0.29, 0.717) is 13.2 Å². The molecule has 4 nitrogen and oxygen atoms in total. The van der Waals surface area contributed by atoms with E-state index in [-0.39, 0.29) is 12.5 Å². The Kier molecular flexibility index (Phi) is 5.31. The van der Waals surface area contributed by atoms with Crippen molar-refractivity contribution in [3.05, 3.63) is 35.9 Å². The van der Waals surface area contributed by atoms with E-state index in [1.54, 1.807) is 25.8 Å². The molecule has 0 amide bonds. The van der Waals surface area contributed by atoms with E-state index in [1.807, 2.05) is 30.3 Å². The van der Waals surface area contributed by atoms with Crippen molar-refractivity contribution in [3.63, 3.8) is 0 Å². The van der Waals surface area contributed by atoms with Crippen LogP contribution in [0.2, 0.25) is 0 Å². The van der Waals surface area contributed by atoms with Crippen molar-refractivity contribution in [1.29, 1.82) is 0 Å². The van der Waals surface area contributed by atoms with Gasteiger partial charge in [0.15, 0.2) is 0 Å². The van der Waals surface area contributed by atoms with Crippen LogP contribution in [0.1, 0.15) is 19.4 Å². The molecule has 0 saturated heterocycles. The van der Waals surface area contributed by atoms with Crippen molar-refractivity contribution >= 4 is 5.97 Å². The molecular formula is C14H21NO3. The van der Waals surface area contributed by atoms with Crippen LogP contribution in [0.15, 0.2) is 30.3 Å². The zero-order valence-electron chi connectivity index (χ0n) is 11.2. The lowest BCUT2D eigenvalue weighted by Crippen LogP contribution is -2.39. The van der Waals surface area contributed by atoms with Gasteiger partial charge in [0.2, 0.25) is 0 Å². The summed E-state index contributed by atoms with van der Waals surface area (Å²) in [5, 5.41) is 10.4. The number of likely N-dealkylation sites (N-methyl/N-ethyl adjacent to an activating group) is 1. The second-order valence-corrected chi connectivity index (χ2v) is 4.62. The van der Waals surface area contributed by atoms with E-state index in [1.165, 1.54) is 0 Å². The van der Waals surface area contributed by atoms with Gasteiger partial charge in [-0.25, -0.2) is 0 Å². The van der Waals surface area contributed by atoms with Gasteiger partial charge >= 0.3 is 5.97 Å². The van der Waals surface area contributed by atoms with E-state index in [2.05, 4.69) is 0 Å². The molecule has 1 N–H and O–H groups in total. The van der Waals surface area contributed by atoms with Gasteiger partial charge in [0.1, 0.15) is 0 Å². The maximum atomic E-state index is 11.3. The highest BCUT2D eigenvalue weighted by molar-refractivity contribution is 5.71. The number of esters is 1.